The number of benzene rings is 1. The molecule has 0 saturated heterocycles. The summed E-state index contributed by atoms with van der Waals surface area (Å²) in [6.07, 6.45) is 3.79. The van der Waals surface area contributed by atoms with Gasteiger partial charge in [0, 0.05) is 30.5 Å². The summed E-state index contributed by atoms with van der Waals surface area (Å²) >= 11 is 5.78. The normalized spacial score (nSPS) is 18.6. The number of alkyl halides is 1. The maximum atomic E-state index is 12.3. The second kappa shape index (κ2) is 6.05. The number of amides is 1. The van der Waals surface area contributed by atoms with Crippen LogP contribution in [0.5, 0.6) is 0 Å². The van der Waals surface area contributed by atoms with Crippen LogP contribution in [0, 0.1) is 0 Å². The van der Waals surface area contributed by atoms with E-state index in [-0.39, 0.29) is 5.91 Å². The first kappa shape index (κ1) is 13.2. The minimum absolute atomic E-state index is 0.118. The number of hydrogen-bond acceptors (Lipinski definition) is 1. The predicted octanol–water partition coefficient (Wildman–Crippen LogP) is 3.43. The number of halogens is 1. The van der Waals surface area contributed by atoms with Gasteiger partial charge < -0.3 is 4.90 Å². The van der Waals surface area contributed by atoms with Crippen molar-refractivity contribution >= 4 is 17.5 Å². The molecule has 0 aliphatic carbocycles. The average Bonchev–Trinajstić information content (AvgIpc) is 2.41. The molecule has 1 atom stereocenters. The Morgan fingerprint density at radius 1 is 1.44 bits per heavy atom. The van der Waals surface area contributed by atoms with Gasteiger partial charge in [-0.3, -0.25) is 4.79 Å². The number of rotatable bonds is 5. The Morgan fingerprint density at radius 3 is 2.94 bits per heavy atom. The van der Waals surface area contributed by atoms with Gasteiger partial charge in [-0.25, -0.2) is 0 Å². The standard InChI is InChI=1S/C15H18ClNO/c1-2-10-17-11-12(6-5-9-16)13-7-3-4-8-14(13)15(17)18/h2-4,7-8,12H,1,5-6,9-11H2/t12-/m1/s1. The molecule has 0 N–H and O–H groups in total. The van der Waals surface area contributed by atoms with E-state index in [4.69, 9.17) is 11.6 Å². The molecular formula is C15H18ClNO. The molecule has 0 fully saturated rings. The summed E-state index contributed by atoms with van der Waals surface area (Å²) in [5.41, 5.74) is 2.01. The highest BCUT2D eigenvalue weighted by atomic mass is 35.5. The van der Waals surface area contributed by atoms with Gasteiger partial charge in [-0.2, -0.15) is 0 Å². The third kappa shape index (κ3) is 2.59. The molecule has 0 spiro atoms. The monoisotopic (exact) mass is 263 g/mol. The number of carbonyl (C=O) groups excluding carboxylic acids is 1. The van der Waals surface area contributed by atoms with Gasteiger partial charge in [-0.05, 0) is 24.5 Å². The first-order valence-corrected chi connectivity index (χ1v) is 6.86. The van der Waals surface area contributed by atoms with Crippen molar-refractivity contribution in [2.75, 3.05) is 19.0 Å². The first-order chi connectivity index (χ1) is 8.77. The van der Waals surface area contributed by atoms with E-state index in [1.165, 1.54) is 5.56 Å². The van der Waals surface area contributed by atoms with Crippen LogP contribution in [-0.2, 0) is 0 Å². The second-order valence-corrected chi connectivity index (χ2v) is 4.99. The van der Waals surface area contributed by atoms with Gasteiger partial charge >= 0.3 is 0 Å². The van der Waals surface area contributed by atoms with Crippen LogP contribution in [0.3, 0.4) is 0 Å². The zero-order valence-corrected chi connectivity index (χ0v) is 11.2. The lowest BCUT2D eigenvalue weighted by Gasteiger charge is -2.33. The smallest absolute Gasteiger partial charge is 0.254 e. The Hall–Kier alpha value is -1.28. The third-order valence-corrected chi connectivity index (χ3v) is 3.66. The van der Waals surface area contributed by atoms with Crippen molar-refractivity contribution in [1.29, 1.82) is 0 Å². The lowest BCUT2D eigenvalue weighted by molar-refractivity contribution is 0.0739. The summed E-state index contributed by atoms with van der Waals surface area (Å²) in [6.45, 7) is 5.11. The first-order valence-electron chi connectivity index (χ1n) is 6.33. The van der Waals surface area contributed by atoms with Crippen molar-refractivity contribution in [3.8, 4) is 0 Å². The number of carbonyl (C=O) groups is 1. The molecular weight excluding hydrogens is 246 g/mol. The number of hydrogen-bond donors (Lipinski definition) is 0. The van der Waals surface area contributed by atoms with E-state index in [1.54, 1.807) is 6.08 Å². The predicted molar refractivity (Wildman–Crippen MR) is 75.2 cm³/mol. The molecule has 3 heteroatoms. The van der Waals surface area contributed by atoms with Crippen molar-refractivity contribution in [2.24, 2.45) is 0 Å². The van der Waals surface area contributed by atoms with Gasteiger partial charge in [-0.15, -0.1) is 18.2 Å². The molecule has 1 heterocycles. The van der Waals surface area contributed by atoms with Crippen molar-refractivity contribution in [1.82, 2.24) is 4.90 Å². The van der Waals surface area contributed by atoms with Crippen molar-refractivity contribution in [2.45, 2.75) is 18.8 Å². The fourth-order valence-electron chi connectivity index (χ4n) is 2.55. The lowest BCUT2D eigenvalue weighted by Crippen LogP contribution is -2.40. The Balaban J connectivity index is 2.29. The van der Waals surface area contributed by atoms with Crippen LogP contribution in [0.25, 0.3) is 0 Å². The second-order valence-electron chi connectivity index (χ2n) is 4.61. The molecule has 96 valence electrons. The Morgan fingerprint density at radius 2 is 2.22 bits per heavy atom. The Labute approximate surface area is 113 Å². The summed E-state index contributed by atoms with van der Waals surface area (Å²) in [5.74, 6) is 1.19. The zero-order chi connectivity index (χ0) is 13.0. The largest absolute Gasteiger partial charge is 0.334 e. The maximum Gasteiger partial charge on any atom is 0.254 e. The van der Waals surface area contributed by atoms with E-state index in [2.05, 4.69) is 12.6 Å². The molecule has 0 unspecified atom stereocenters. The van der Waals surface area contributed by atoms with Crippen molar-refractivity contribution < 1.29 is 4.79 Å². The van der Waals surface area contributed by atoms with Crippen LogP contribution in [0.2, 0.25) is 0 Å². The van der Waals surface area contributed by atoms with Gasteiger partial charge in [0.15, 0.2) is 0 Å². The molecule has 0 radical (unpaired) electrons. The average molecular weight is 264 g/mol. The lowest BCUT2D eigenvalue weighted by atomic mass is 9.86. The molecule has 1 aromatic carbocycles. The summed E-state index contributed by atoms with van der Waals surface area (Å²) in [7, 11) is 0. The minimum atomic E-state index is 0.118. The summed E-state index contributed by atoms with van der Waals surface area (Å²) in [5, 5.41) is 0. The summed E-state index contributed by atoms with van der Waals surface area (Å²) in [6, 6.07) is 7.91. The van der Waals surface area contributed by atoms with Gasteiger partial charge in [0.25, 0.3) is 5.91 Å². The highest BCUT2D eigenvalue weighted by Gasteiger charge is 2.29. The van der Waals surface area contributed by atoms with E-state index in [0.717, 1.165) is 24.9 Å². The van der Waals surface area contributed by atoms with Crippen LogP contribution >= 0.6 is 11.6 Å². The van der Waals surface area contributed by atoms with Crippen LogP contribution in [0.1, 0.15) is 34.7 Å². The van der Waals surface area contributed by atoms with E-state index in [0.29, 0.717) is 18.3 Å². The molecule has 1 aliphatic rings. The van der Waals surface area contributed by atoms with E-state index in [1.807, 2.05) is 23.1 Å². The molecule has 1 amide bonds. The van der Waals surface area contributed by atoms with Crippen LogP contribution in [-0.4, -0.2) is 29.8 Å². The van der Waals surface area contributed by atoms with E-state index in [9.17, 15) is 4.79 Å². The van der Waals surface area contributed by atoms with Gasteiger partial charge in [0.05, 0.1) is 0 Å². The summed E-state index contributed by atoms with van der Waals surface area (Å²) in [4.78, 5) is 14.1. The van der Waals surface area contributed by atoms with Crippen LogP contribution in [0.4, 0.5) is 0 Å². The fraction of sp³-hybridized carbons (Fsp3) is 0.400. The summed E-state index contributed by atoms with van der Waals surface area (Å²) < 4.78 is 0. The molecule has 2 rings (SSSR count). The van der Waals surface area contributed by atoms with E-state index < -0.39 is 0 Å². The molecule has 2 nitrogen and oxygen atoms in total. The van der Waals surface area contributed by atoms with Gasteiger partial charge in [-0.1, -0.05) is 24.3 Å². The quantitative estimate of drug-likeness (QED) is 0.589. The molecule has 1 aromatic rings. The van der Waals surface area contributed by atoms with E-state index >= 15 is 0 Å². The zero-order valence-electron chi connectivity index (χ0n) is 10.4. The van der Waals surface area contributed by atoms with Crippen LogP contribution < -0.4 is 0 Å². The fourth-order valence-corrected chi connectivity index (χ4v) is 2.70. The molecule has 0 bridgehead atoms. The SMILES string of the molecule is C=CCN1C[C@@H](CCCCl)c2ccccc2C1=O. The van der Waals surface area contributed by atoms with Gasteiger partial charge in [0.1, 0.15) is 0 Å². The molecule has 0 aromatic heterocycles. The third-order valence-electron chi connectivity index (χ3n) is 3.39. The Kier molecular flexibility index (Phi) is 4.43. The Bertz CT molecular complexity index is 444. The van der Waals surface area contributed by atoms with Crippen molar-refractivity contribution in [3.05, 3.63) is 48.0 Å². The molecule has 0 saturated carbocycles. The number of nitrogens with zero attached hydrogens (tertiary/aromatic N) is 1. The topological polar surface area (TPSA) is 20.3 Å². The van der Waals surface area contributed by atoms with Crippen LogP contribution in [0.15, 0.2) is 36.9 Å². The maximum absolute atomic E-state index is 12.3. The van der Waals surface area contributed by atoms with Gasteiger partial charge in [0.2, 0.25) is 0 Å². The number of fused-ring (bicyclic) bond motifs is 1. The molecule has 1 aliphatic heterocycles. The minimum Gasteiger partial charge on any atom is -0.334 e. The highest BCUT2D eigenvalue weighted by Crippen LogP contribution is 2.31. The van der Waals surface area contributed by atoms with Crippen molar-refractivity contribution in [3.63, 3.8) is 0 Å². The molecule has 18 heavy (non-hydrogen) atoms. The highest BCUT2D eigenvalue weighted by molar-refractivity contribution is 6.17.